The van der Waals surface area contributed by atoms with Crippen molar-refractivity contribution >= 4 is 0 Å². The molecule has 0 atom stereocenters. The Hall–Kier alpha value is -1.31. The molecule has 2 rings (SSSR count). The van der Waals surface area contributed by atoms with Gasteiger partial charge in [0.15, 0.2) is 0 Å². The molecule has 0 saturated carbocycles. The van der Waals surface area contributed by atoms with Crippen molar-refractivity contribution in [3.8, 4) is 12.3 Å². The molecule has 4 nitrogen and oxygen atoms in total. The molecule has 1 aromatic rings. The van der Waals surface area contributed by atoms with Crippen LogP contribution < -0.4 is 5.32 Å². The van der Waals surface area contributed by atoms with Crippen LogP contribution in [-0.2, 0) is 6.54 Å². The molecule has 2 heterocycles. The first kappa shape index (κ1) is 11.2. The first-order valence-electron chi connectivity index (χ1n) is 5.76. The molecular weight excluding hydrogens is 200 g/mol. The Morgan fingerprint density at radius 2 is 2.38 bits per heavy atom. The summed E-state index contributed by atoms with van der Waals surface area (Å²) >= 11 is 0. The standard InChI is InChI=1S/C12H18N4/c1-2-7-16-8-3-11(4-9-16)15-10-12-13-5-6-14-12/h1,5-6,11,15H,3-4,7-10H2,(H,13,14). The average molecular weight is 218 g/mol. The topological polar surface area (TPSA) is 44.0 Å². The van der Waals surface area contributed by atoms with E-state index in [2.05, 4.69) is 26.1 Å². The number of nitrogens with one attached hydrogen (secondary N) is 2. The van der Waals surface area contributed by atoms with E-state index in [1.54, 1.807) is 6.20 Å². The summed E-state index contributed by atoms with van der Waals surface area (Å²) in [6, 6.07) is 0.596. The molecule has 4 heteroatoms. The normalized spacial score (nSPS) is 18.4. The van der Waals surface area contributed by atoms with E-state index in [1.807, 2.05) is 6.20 Å². The lowest BCUT2D eigenvalue weighted by atomic mass is 10.1. The number of piperidine rings is 1. The van der Waals surface area contributed by atoms with Crippen LogP contribution in [0.1, 0.15) is 18.7 Å². The van der Waals surface area contributed by atoms with E-state index in [0.29, 0.717) is 6.04 Å². The highest BCUT2D eigenvalue weighted by Crippen LogP contribution is 2.09. The minimum Gasteiger partial charge on any atom is -0.348 e. The van der Waals surface area contributed by atoms with Gasteiger partial charge in [0, 0.05) is 31.5 Å². The van der Waals surface area contributed by atoms with Gasteiger partial charge in [-0.2, -0.15) is 0 Å². The van der Waals surface area contributed by atoms with Crippen LogP contribution in [0.25, 0.3) is 0 Å². The monoisotopic (exact) mass is 218 g/mol. The number of nitrogens with zero attached hydrogens (tertiary/aromatic N) is 2. The van der Waals surface area contributed by atoms with Crippen LogP contribution in [0.15, 0.2) is 12.4 Å². The van der Waals surface area contributed by atoms with Crippen molar-refractivity contribution in [3.63, 3.8) is 0 Å². The van der Waals surface area contributed by atoms with E-state index in [4.69, 9.17) is 6.42 Å². The van der Waals surface area contributed by atoms with E-state index < -0.39 is 0 Å². The van der Waals surface area contributed by atoms with Gasteiger partial charge >= 0.3 is 0 Å². The minimum absolute atomic E-state index is 0.596. The molecule has 0 aromatic carbocycles. The molecule has 0 amide bonds. The van der Waals surface area contributed by atoms with Crippen LogP contribution in [0.2, 0.25) is 0 Å². The molecule has 0 radical (unpaired) electrons. The van der Waals surface area contributed by atoms with Gasteiger partial charge in [-0.05, 0) is 12.8 Å². The summed E-state index contributed by atoms with van der Waals surface area (Å²) in [5.74, 6) is 3.70. The van der Waals surface area contributed by atoms with Crippen LogP contribution in [0.5, 0.6) is 0 Å². The van der Waals surface area contributed by atoms with Gasteiger partial charge in [-0.3, -0.25) is 4.90 Å². The van der Waals surface area contributed by atoms with Crippen molar-refractivity contribution in [3.05, 3.63) is 18.2 Å². The zero-order valence-corrected chi connectivity index (χ0v) is 9.45. The van der Waals surface area contributed by atoms with Crippen LogP contribution in [-0.4, -0.2) is 40.5 Å². The van der Waals surface area contributed by atoms with Crippen LogP contribution in [0.4, 0.5) is 0 Å². The van der Waals surface area contributed by atoms with Crippen LogP contribution >= 0.6 is 0 Å². The number of aromatic amines is 1. The van der Waals surface area contributed by atoms with Gasteiger partial charge in [-0.1, -0.05) is 5.92 Å². The summed E-state index contributed by atoms with van der Waals surface area (Å²) in [6.45, 7) is 3.80. The Morgan fingerprint density at radius 3 is 3.00 bits per heavy atom. The number of hydrogen-bond donors (Lipinski definition) is 2. The van der Waals surface area contributed by atoms with Crippen molar-refractivity contribution < 1.29 is 0 Å². The fourth-order valence-electron chi connectivity index (χ4n) is 2.06. The summed E-state index contributed by atoms with van der Waals surface area (Å²) in [4.78, 5) is 9.61. The molecule has 1 saturated heterocycles. The second kappa shape index (κ2) is 5.69. The lowest BCUT2D eigenvalue weighted by molar-refractivity contribution is 0.217. The highest BCUT2D eigenvalue weighted by Gasteiger charge is 2.17. The van der Waals surface area contributed by atoms with Crippen molar-refractivity contribution in [1.82, 2.24) is 20.2 Å². The van der Waals surface area contributed by atoms with Crippen molar-refractivity contribution in [2.24, 2.45) is 0 Å². The van der Waals surface area contributed by atoms with Crippen molar-refractivity contribution in [2.45, 2.75) is 25.4 Å². The third-order valence-electron chi connectivity index (χ3n) is 3.02. The smallest absolute Gasteiger partial charge is 0.120 e. The van der Waals surface area contributed by atoms with Gasteiger partial charge in [0.25, 0.3) is 0 Å². The maximum absolute atomic E-state index is 5.30. The fraction of sp³-hybridized carbons (Fsp3) is 0.583. The van der Waals surface area contributed by atoms with Crippen molar-refractivity contribution in [2.75, 3.05) is 19.6 Å². The molecule has 1 fully saturated rings. The maximum Gasteiger partial charge on any atom is 0.120 e. The Balaban J connectivity index is 1.68. The molecule has 0 bridgehead atoms. The summed E-state index contributed by atoms with van der Waals surface area (Å²) in [5.41, 5.74) is 0. The van der Waals surface area contributed by atoms with E-state index >= 15 is 0 Å². The van der Waals surface area contributed by atoms with Gasteiger partial charge in [-0.25, -0.2) is 4.98 Å². The SMILES string of the molecule is C#CCN1CCC(NCc2ncc[nH]2)CC1. The quantitative estimate of drug-likeness (QED) is 0.727. The number of likely N-dealkylation sites (tertiary alicyclic amines) is 1. The molecule has 16 heavy (non-hydrogen) atoms. The number of terminal acetylenes is 1. The Morgan fingerprint density at radius 1 is 1.56 bits per heavy atom. The van der Waals surface area contributed by atoms with Gasteiger partial charge in [0.2, 0.25) is 0 Å². The van der Waals surface area contributed by atoms with Gasteiger partial charge < -0.3 is 10.3 Å². The van der Waals surface area contributed by atoms with E-state index in [-0.39, 0.29) is 0 Å². The van der Waals surface area contributed by atoms with Gasteiger partial charge in [-0.15, -0.1) is 6.42 Å². The molecule has 0 unspecified atom stereocenters. The summed E-state index contributed by atoms with van der Waals surface area (Å²) < 4.78 is 0. The van der Waals surface area contributed by atoms with Crippen molar-refractivity contribution in [1.29, 1.82) is 0 Å². The molecule has 1 aliphatic heterocycles. The van der Waals surface area contributed by atoms with Crippen LogP contribution in [0.3, 0.4) is 0 Å². The lowest BCUT2D eigenvalue weighted by Crippen LogP contribution is -2.42. The van der Waals surface area contributed by atoms with Gasteiger partial charge in [0.1, 0.15) is 5.82 Å². The highest BCUT2D eigenvalue weighted by atomic mass is 15.1. The molecular formula is C12H18N4. The summed E-state index contributed by atoms with van der Waals surface area (Å²) in [6.07, 6.45) is 11.3. The van der Waals surface area contributed by atoms with Crippen LogP contribution in [0, 0.1) is 12.3 Å². The van der Waals surface area contributed by atoms with E-state index in [1.165, 1.54) is 12.8 Å². The second-order valence-electron chi connectivity index (χ2n) is 4.17. The maximum atomic E-state index is 5.30. The number of hydrogen-bond acceptors (Lipinski definition) is 3. The number of rotatable bonds is 4. The zero-order valence-electron chi connectivity index (χ0n) is 9.45. The fourth-order valence-corrected chi connectivity index (χ4v) is 2.06. The van der Waals surface area contributed by atoms with E-state index in [9.17, 15) is 0 Å². The average Bonchev–Trinajstić information content (AvgIpc) is 2.82. The molecule has 0 aliphatic carbocycles. The largest absolute Gasteiger partial charge is 0.348 e. The predicted octanol–water partition coefficient (Wildman–Crippen LogP) is 0.597. The number of H-pyrrole nitrogens is 1. The Labute approximate surface area is 96.4 Å². The summed E-state index contributed by atoms with van der Waals surface area (Å²) in [5, 5.41) is 3.51. The third kappa shape index (κ3) is 3.09. The number of aromatic nitrogens is 2. The second-order valence-corrected chi connectivity index (χ2v) is 4.17. The Kier molecular flexibility index (Phi) is 3.97. The molecule has 2 N–H and O–H groups in total. The summed E-state index contributed by atoms with van der Waals surface area (Å²) in [7, 11) is 0. The Bertz CT molecular complexity index is 330. The molecule has 86 valence electrons. The molecule has 0 spiro atoms. The molecule has 1 aromatic heterocycles. The third-order valence-corrected chi connectivity index (χ3v) is 3.02. The highest BCUT2D eigenvalue weighted by molar-refractivity contribution is 4.91. The van der Waals surface area contributed by atoms with Gasteiger partial charge in [0.05, 0.1) is 13.1 Å². The zero-order chi connectivity index (χ0) is 11.2. The lowest BCUT2D eigenvalue weighted by Gasteiger charge is -2.30. The number of imidazole rings is 1. The first-order valence-corrected chi connectivity index (χ1v) is 5.76. The van der Waals surface area contributed by atoms with E-state index in [0.717, 1.165) is 32.0 Å². The minimum atomic E-state index is 0.596. The predicted molar refractivity (Wildman–Crippen MR) is 63.7 cm³/mol. The first-order chi connectivity index (χ1) is 7.88. The molecule has 1 aliphatic rings.